The fraction of sp³-hybridized carbons (Fsp3) is 0.278. The molecule has 2 aliphatic heterocycles. The lowest BCUT2D eigenvalue weighted by Gasteiger charge is -2.26. The molecule has 88 heavy (non-hydrogen) atoms. The van der Waals surface area contributed by atoms with Gasteiger partial charge in [0.25, 0.3) is 0 Å². The van der Waals surface area contributed by atoms with Crippen LogP contribution in [0.1, 0.15) is 151 Å². The number of nitrogens with zero attached hydrogens (tertiary/aromatic N) is 6. The second-order valence-electron chi connectivity index (χ2n) is 23.4. The molecule has 0 fully saturated rings. The molecule has 0 aliphatic carbocycles. The minimum absolute atomic E-state index is 0.0453. The van der Waals surface area contributed by atoms with Crippen molar-refractivity contribution in [2.75, 3.05) is 13.2 Å². The van der Waals surface area contributed by atoms with Gasteiger partial charge in [-0.1, -0.05) is 225 Å². The first-order chi connectivity index (χ1) is 42.9. The quantitative estimate of drug-likeness (QED) is 0.0233. The van der Waals surface area contributed by atoms with Gasteiger partial charge in [-0.05, 0) is 141 Å². The van der Waals surface area contributed by atoms with Gasteiger partial charge in [0, 0.05) is 0 Å². The first kappa shape index (κ1) is 61.6. The second-order valence-corrected chi connectivity index (χ2v) is 25.4. The minimum Gasteiger partial charge on any atom is -0.494 e. The monoisotopic (exact) mass is 1210 g/mol. The maximum Gasteiger partial charge on any atom is 0.679 e. The van der Waals surface area contributed by atoms with E-state index in [0.717, 1.165) is 109 Å². The van der Waals surface area contributed by atoms with Gasteiger partial charge in [0.2, 0.25) is 10.3 Å². The van der Waals surface area contributed by atoms with Crippen LogP contribution in [0.25, 0.3) is 43.0 Å². The number of aromatic nitrogens is 2. The van der Waals surface area contributed by atoms with E-state index >= 15 is 17.3 Å². The molecule has 9 aromatic rings. The number of unbranched alkanes of at least 4 members (excludes halogenated alkanes) is 10. The Bertz CT molecular complexity index is 3970. The van der Waals surface area contributed by atoms with Crippen molar-refractivity contribution in [3.63, 3.8) is 0 Å². The predicted octanol–water partition coefficient (Wildman–Crippen LogP) is 20.8. The Labute approximate surface area is 523 Å². The molecule has 0 bridgehead atoms. The number of fused-ring (bicyclic) bond motifs is 3. The average molecular weight is 1220 g/mol. The minimum atomic E-state index is -3.21. The summed E-state index contributed by atoms with van der Waals surface area (Å²) in [6.45, 7) is 11.7. The van der Waals surface area contributed by atoms with Crippen molar-refractivity contribution < 1.29 is 26.7 Å². The van der Waals surface area contributed by atoms with Gasteiger partial charge >= 0.3 is 14.8 Å². The van der Waals surface area contributed by atoms with Gasteiger partial charge in [0.05, 0.1) is 56.2 Å². The molecule has 8 nitrogen and oxygen atoms in total. The topological polar surface area (TPSA) is 75.4 Å². The van der Waals surface area contributed by atoms with Crippen molar-refractivity contribution in [1.29, 1.82) is 0 Å². The largest absolute Gasteiger partial charge is 0.679 e. The Hall–Kier alpha value is -8.07. The van der Waals surface area contributed by atoms with Gasteiger partial charge in [-0.25, -0.2) is 20.0 Å². The lowest BCUT2D eigenvalue weighted by Crippen LogP contribution is -2.38. The highest BCUT2D eigenvalue weighted by atomic mass is 32.1. The second kappa shape index (κ2) is 28.4. The zero-order valence-corrected chi connectivity index (χ0v) is 52.3. The molecule has 2 aromatic heterocycles. The Kier molecular flexibility index (Phi) is 19.9. The summed E-state index contributed by atoms with van der Waals surface area (Å²) >= 11 is 2.49. The number of hydrogen-bond donors (Lipinski definition) is 0. The molecular weight excluding hydrogens is 1140 g/mol. The molecular formula is C72H72B2F4N6O2S2. The van der Waals surface area contributed by atoms with Crippen LogP contribution < -0.4 is 9.47 Å². The molecule has 7 aromatic carbocycles. The summed E-state index contributed by atoms with van der Waals surface area (Å²) in [5.41, 5.74) is 8.76. The van der Waals surface area contributed by atoms with Gasteiger partial charge in [-0.15, -0.1) is 0 Å². The predicted molar refractivity (Wildman–Crippen MR) is 361 cm³/mol. The van der Waals surface area contributed by atoms with E-state index in [9.17, 15) is 0 Å². The molecule has 448 valence electrons. The zero-order chi connectivity index (χ0) is 61.2. The number of aliphatic imine (C=N–C) groups is 2. The summed E-state index contributed by atoms with van der Waals surface area (Å²) in [5.74, 6) is 0.628. The van der Waals surface area contributed by atoms with E-state index in [-0.39, 0.29) is 49.9 Å². The standard InChI is InChI=1S/C72H72B2F4N6O2S2/c1-6-8-10-12-14-25-45-85-56-39-33-52(34-40-56)66-64-65(69(84(66)74(77)78)82-71-80-59-44-38-55(72(3,4)5)48-61(59)88-71)67(53-35-41-57(42-36-53)86-46-26-15-13-11-9-7-2)83(73(75)76)68(64)81-70-79-58-43-37-54(47-60(58)87-70)63(51-31-23-18-24-32-51)62(49-27-19-16-20-28-49)50-29-21-17-22-30-50/h16-24,27-44,47-48H,6-15,25-26,45-46H2,1-5H3/b81-68-,82-69-. The smallest absolute Gasteiger partial charge is 0.494 e. The van der Waals surface area contributed by atoms with Crippen molar-refractivity contribution in [2.24, 2.45) is 9.98 Å². The lowest BCUT2D eigenvalue weighted by atomic mass is 9.86. The number of rotatable bonds is 26. The molecule has 0 unspecified atom stereocenters. The van der Waals surface area contributed by atoms with Gasteiger partial charge in [0.15, 0.2) is 0 Å². The van der Waals surface area contributed by atoms with Crippen molar-refractivity contribution in [3.05, 3.63) is 226 Å². The summed E-state index contributed by atoms with van der Waals surface area (Å²) in [7, 11) is -6.41. The highest BCUT2D eigenvalue weighted by Gasteiger charge is 2.53. The van der Waals surface area contributed by atoms with Crippen molar-refractivity contribution in [1.82, 2.24) is 19.6 Å². The van der Waals surface area contributed by atoms with Crippen LogP contribution in [-0.2, 0) is 5.41 Å². The number of thiazole rings is 2. The first-order valence-corrected chi connectivity index (χ1v) is 32.5. The molecule has 0 spiro atoms. The summed E-state index contributed by atoms with van der Waals surface area (Å²) < 4.78 is 81.0. The molecule has 0 atom stereocenters. The summed E-state index contributed by atoms with van der Waals surface area (Å²) in [6, 6.07) is 56.6. The lowest BCUT2D eigenvalue weighted by molar-refractivity contribution is 0.304. The number of halogens is 4. The number of benzene rings is 7. The van der Waals surface area contributed by atoms with E-state index in [1.807, 2.05) is 84.9 Å². The summed E-state index contributed by atoms with van der Waals surface area (Å²) in [4.78, 5) is 21.7. The molecule has 0 radical (unpaired) electrons. The average Bonchev–Trinajstić information content (AvgIpc) is 1.55. The van der Waals surface area contributed by atoms with Crippen LogP contribution in [0.15, 0.2) is 197 Å². The van der Waals surface area contributed by atoms with E-state index in [1.54, 1.807) is 48.5 Å². The van der Waals surface area contributed by atoms with Crippen LogP contribution in [0, 0.1) is 0 Å². The third-order valence-electron chi connectivity index (χ3n) is 16.0. The Morgan fingerprint density at radius 1 is 0.455 bits per heavy atom. The van der Waals surface area contributed by atoms with Crippen LogP contribution in [0.4, 0.5) is 27.5 Å². The van der Waals surface area contributed by atoms with Gasteiger partial charge in [0.1, 0.15) is 23.2 Å². The van der Waals surface area contributed by atoms with Crippen LogP contribution >= 0.6 is 22.7 Å². The van der Waals surface area contributed by atoms with E-state index in [0.29, 0.717) is 46.9 Å². The third-order valence-corrected chi connectivity index (χ3v) is 17.9. The summed E-state index contributed by atoms with van der Waals surface area (Å²) in [5, 5.41) is 0.345. The molecule has 16 heteroatoms. The normalized spacial score (nSPS) is 14.3. The Morgan fingerprint density at radius 2 is 0.841 bits per heavy atom. The summed E-state index contributed by atoms with van der Waals surface area (Å²) in [6.07, 6.45) is 13.1. The molecule has 0 N–H and O–H groups in total. The number of amidine groups is 2. The van der Waals surface area contributed by atoms with Gasteiger partial charge in [-0.2, -0.15) is 0 Å². The Morgan fingerprint density at radius 3 is 1.25 bits per heavy atom. The SMILES string of the molecule is CCCCCCCCOc1ccc(C2=C3C(=C(c4ccc(OCCCCCCCC)cc4)N(B(F)F)/C3=N\c3nc4ccc(C(C)(C)C)cc4s3)/C(=N/c3nc4ccc(C(=C(c5ccccc5)c5ccccc5)c5ccccc5)cc4s3)N2B(F)F)cc1. The van der Waals surface area contributed by atoms with E-state index < -0.39 is 14.8 Å². The highest BCUT2D eigenvalue weighted by Crippen LogP contribution is 2.51. The van der Waals surface area contributed by atoms with E-state index in [2.05, 4.69) is 77.1 Å². The van der Waals surface area contributed by atoms with Gasteiger partial charge < -0.3 is 19.1 Å². The molecule has 11 rings (SSSR count). The third kappa shape index (κ3) is 13.9. The zero-order valence-electron chi connectivity index (χ0n) is 50.6. The van der Waals surface area contributed by atoms with E-state index in [4.69, 9.17) is 29.4 Å². The van der Waals surface area contributed by atoms with Gasteiger partial charge in [-0.3, -0.25) is 17.3 Å². The first-order valence-electron chi connectivity index (χ1n) is 30.9. The van der Waals surface area contributed by atoms with Crippen molar-refractivity contribution in [2.45, 2.75) is 117 Å². The maximum absolute atomic E-state index is 16.8. The highest BCUT2D eigenvalue weighted by molar-refractivity contribution is 7.22. The van der Waals surface area contributed by atoms with Crippen LogP contribution in [0.3, 0.4) is 0 Å². The van der Waals surface area contributed by atoms with Crippen molar-refractivity contribution in [3.8, 4) is 11.5 Å². The van der Waals surface area contributed by atoms with Crippen LogP contribution in [-0.4, -0.2) is 59.3 Å². The van der Waals surface area contributed by atoms with Crippen LogP contribution in [0.5, 0.6) is 11.5 Å². The van der Waals surface area contributed by atoms with Crippen molar-refractivity contribution >= 4 is 102 Å². The fourth-order valence-electron chi connectivity index (χ4n) is 11.5. The number of ether oxygens (including phenoxy) is 2. The molecule has 2 aliphatic rings. The van der Waals surface area contributed by atoms with Crippen LogP contribution in [0.2, 0.25) is 0 Å². The molecule has 4 heterocycles. The van der Waals surface area contributed by atoms with E-state index in [1.165, 1.54) is 48.4 Å². The molecule has 0 saturated carbocycles. The molecule has 0 saturated heterocycles. The Balaban J connectivity index is 1.09. The number of hydrogen-bond acceptors (Lipinski definition) is 8. The molecule has 0 amide bonds. The fourth-order valence-corrected chi connectivity index (χ4v) is 13.3. The maximum atomic E-state index is 16.8.